The molecule has 1 aliphatic heterocycles. The van der Waals surface area contributed by atoms with Crippen LogP contribution in [0.4, 0.5) is 10.2 Å². The van der Waals surface area contributed by atoms with Gasteiger partial charge in [-0.25, -0.2) is 19.2 Å². The van der Waals surface area contributed by atoms with Crippen LogP contribution < -0.4 is 4.90 Å². The number of anilines is 1. The number of hydrogen-bond acceptors (Lipinski definition) is 4. The van der Waals surface area contributed by atoms with Crippen LogP contribution in [0.5, 0.6) is 0 Å². The van der Waals surface area contributed by atoms with E-state index in [1.165, 1.54) is 6.33 Å². The molecule has 0 aliphatic carbocycles. The minimum Gasteiger partial charge on any atom is -0.480 e. The van der Waals surface area contributed by atoms with Crippen LogP contribution >= 0.6 is 0 Å². The van der Waals surface area contributed by atoms with Gasteiger partial charge in [0.25, 0.3) is 0 Å². The number of carbonyl (C=O) groups is 1. The topological polar surface area (TPSA) is 66.3 Å². The third kappa shape index (κ3) is 1.91. The predicted octanol–water partition coefficient (Wildman–Crippen LogP) is 1.76. The summed E-state index contributed by atoms with van der Waals surface area (Å²) in [5.74, 6) is -1.39. The molecule has 98 valence electrons. The Bertz CT molecular complexity index is 480. The van der Waals surface area contributed by atoms with Crippen LogP contribution in [0.3, 0.4) is 0 Å². The summed E-state index contributed by atoms with van der Waals surface area (Å²) >= 11 is 0. The maximum absolute atomic E-state index is 14.0. The summed E-state index contributed by atoms with van der Waals surface area (Å²) in [5.41, 5.74) is -0.863. The lowest BCUT2D eigenvalue weighted by Crippen LogP contribution is -2.56. The van der Waals surface area contributed by atoms with Crippen molar-refractivity contribution in [3.8, 4) is 0 Å². The van der Waals surface area contributed by atoms with Crippen LogP contribution in [0, 0.1) is 12.7 Å². The predicted molar refractivity (Wildman–Crippen MR) is 64.0 cm³/mol. The summed E-state index contributed by atoms with van der Waals surface area (Å²) in [4.78, 5) is 20.7. The molecule has 1 atom stereocenters. The highest BCUT2D eigenvalue weighted by Crippen LogP contribution is 2.33. The lowest BCUT2D eigenvalue weighted by atomic mass is 9.88. The fourth-order valence-electron chi connectivity index (χ4n) is 2.32. The number of carboxylic acid groups (broad SMARTS) is 1. The fraction of sp³-hybridized carbons (Fsp3) is 0.583. The monoisotopic (exact) mass is 253 g/mol. The Morgan fingerprint density at radius 1 is 1.50 bits per heavy atom. The van der Waals surface area contributed by atoms with Crippen LogP contribution in [-0.4, -0.2) is 33.1 Å². The van der Waals surface area contributed by atoms with E-state index in [2.05, 4.69) is 9.97 Å². The highest BCUT2D eigenvalue weighted by atomic mass is 19.1. The van der Waals surface area contributed by atoms with Gasteiger partial charge >= 0.3 is 5.97 Å². The first kappa shape index (κ1) is 12.7. The molecule has 1 fully saturated rings. The molecule has 5 nitrogen and oxygen atoms in total. The highest BCUT2D eigenvalue weighted by Gasteiger charge is 2.43. The smallest absolute Gasteiger partial charge is 0.329 e. The summed E-state index contributed by atoms with van der Waals surface area (Å²) < 4.78 is 14.0. The lowest BCUT2D eigenvalue weighted by Gasteiger charge is -2.42. The van der Waals surface area contributed by atoms with Crippen molar-refractivity contribution < 1.29 is 14.3 Å². The molecule has 0 bridgehead atoms. The van der Waals surface area contributed by atoms with E-state index >= 15 is 0 Å². The number of aryl methyl sites for hydroxylation is 1. The van der Waals surface area contributed by atoms with Crippen molar-refractivity contribution in [2.24, 2.45) is 0 Å². The average Bonchev–Trinajstić information content (AvgIpc) is 2.34. The average molecular weight is 253 g/mol. The van der Waals surface area contributed by atoms with E-state index in [1.54, 1.807) is 18.7 Å². The normalized spacial score (nSPS) is 24.1. The number of nitrogens with zero attached hydrogens (tertiary/aromatic N) is 3. The van der Waals surface area contributed by atoms with E-state index in [-0.39, 0.29) is 11.5 Å². The number of hydrogen-bond donors (Lipinski definition) is 1. The largest absolute Gasteiger partial charge is 0.480 e. The van der Waals surface area contributed by atoms with Crippen molar-refractivity contribution in [3.63, 3.8) is 0 Å². The molecular weight excluding hydrogens is 237 g/mol. The zero-order chi connectivity index (χ0) is 13.3. The van der Waals surface area contributed by atoms with Gasteiger partial charge in [0.15, 0.2) is 11.6 Å². The van der Waals surface area contributed by atoms with Crippen LogP contribution in [0.2, 0.25) is 0 Å². The summed E-state index contributed by atoms with van der Waals surface area (Å²) in [6.07, 6.45) is 3.42. The number of carboxylic acids is 1. The van der Waals surface area contributed by atoms with Crippen molar-refractivity contribution >= 4 is 11.8 Å². The maximum atomic E-state index is 14.0. The van der Waals surface area contributed by atoms with E-state index in [0.717, 1.165) is 12.8 Å². The molecule has 1 unspecified atom stereocenters. The number of rotatable bonds is 2. The molecule has 1 aliphatic rings. The van der Waals surface area contributed by atoms with E-state index in [0.29, 0.717) is 13.0 Å². The summed E-state index contributed by atoms with van der Waals surface area (Å²) in [5, 5.41) is 9.38. The minimum absolute atomic E-state index is 0.0899. The number of piperidine rings is 1. The van der Waals surface area contributed by atoms with Gasteiger partial charge in [0.2, 0.25) is 0 Å². The Morgan fingerprint density at radius 2 is 2.22 bits per heavy atom. The molecule has 0 spiro atoms. The molecule has 6 heteroatoms. The molecule has 1 aromatic heterocycles. The fourth-order valence-corrected chi connectivity index (χ4v) is 2.32. The Balaban J connectivity index is 2.47. The first-order valence-corrected chi connectivity index (χ1v) is 5.95. The first-order valence-electron chi connectivity index (χ1n) is 5.95. The molecule has 0 amide bonds. The van der Waals surface area contributed by atoms with Crippen LogP contribution in [0.25, 0.3) is 0 Å². The van der Waals surface area contributed by atoms with Crippen molar-refractivity contribution in [3.05, 3.63) is 17.8 Å². The van der Waals surface area contributed by atoms with Crippen LogP contribution in [0.1, 0.15) is 31.9 Å². The molecule has 0 aromatic carbocycles. The maximum Gasteiger partial charge on any atom is 0.329 e. The quantitative estimate of drug-likeness (QED) is 0.869. The van der Waals surface area contributed by atoms with Gasteiger partial charge in [0, 0.05) is 6.54 Å². The summed E-state index contributed by atoms with van der Waals surface area (Å²) in [6, 6.07) is 0. The van der Waals surface area contributed by atoms with E-state index in [1.807, 2.05) is 0 Å². The Hall–Kier alpha value is -1.72. The summed E-state index contributed by atoms with van der Waals surface area (Å²) in [6.45, 7) is 3.66. The summed E-state index contributed by atoms with van der Waals surface area (Å²) in [7, 11) is 0. The van der Waals surface area contributed by atoms with Gasteiger partial charge in [-0.3, -0.25) is 0 Å². The van der Waals surface area contributed by atoms with Crippen LogP contribution in [-0.2, 0) is 4.79 Å². The van der Waals surface area contributed by atoms with E-state index in [9.17, 15) is 14.3 Å². The number of aliphatic carboxylic acids is 1. The molecule has 0 radical (unpaired) electrons. The van der Waals surface area contributed by atoms with Gasteiger partial charge in [0.1, 0.15) is 11.9 Å². The van der Waals surface area contributed by atoms with Gasteiger partial charge in [-0.15, -0.1) is 0 Å². The first-order chi connectivity index (χ1) is 8.47. The third-order valence-electron chi connectivity index (χ3n) is 3.55. The van der Waals surface area contributed by atoms with Crippen molar-refractivity contribution in [1.29, 1.82) is 0 Å². The van der Waals surface area contributed by atoms with Gasteiger partial charge in [-0.05, 0) is 33.1 Å². The number of aromatic nitrogens is 2. The van der Waals surface area contributed by atoms with Gasteiger partial charge in [-0.2, -0.15) is 0 Å². The number of halogens is 1. The molecule has 1 N–H and O–H groups in total. The SMILES string of the molecule is Cc1ncnc(N2CCCCC2(C)C(=O)O)c1F. The second-order valence-electron chi connectivity index (χ2n) is 4.78. The Morgan fingerprint density at radius 3 is 2.89 bits per heavy atom. The Kier molecular flexibility index (Phi) is 3.19. The van der Waals surface area contributed by atoms with E-state index in [4.69, 9.17) is 0 Å². The second kappa shape index (κ2) is 4.51. The third-order valence-corrected chi connectivity index (χ3v) is 3.55. The Labute approximate surface area is 105 Å². The minimum atomic E-state index is -1.10. The van der Waals surface area contributed by atoms with Crippen LogP contribution in [0.15, 0.2) is 6.33 Å². The second-order valence-corrected chi connectivity index (χ2v) is 4.78. The van der Waals surface area contributed by atoms with Gasteiger partial charge in [0.05, 0.1) is 5.69 Å². The zero-order valence-electron chi connectivity index (χ0n) is 10.5. The highest BCUT2D eigenvalue weighted by molar-refractivity contribution is 5.83. The van der Waals surface area contributed by atoms with Crippen molar-refractivity contribution in [2.45, 2.75) is 38.6 Å². The van der Waals surface area contributed by atoms with Crippen molar-refractivity contribution in [1.82, 2.24) is 9.97 Å². The lowest BCUT2D eigenvalue weighted by molar-refractivity contribution is -0.143. The zero-order valence-corrected chi connectivity index (χ0v) is 10.5. The molecule has 2 rings (SSSR count). The van der Waals surface area contributed by atoms with E-state index < -0.39 is 17.3 Å². The molecular formula is C12H16FN3O2. The van der Waals surface area contributed by atoms with Gasteiger partial charge in [-0.1, -0.05) is 0 Å². The molecule has 1 saturated heterocycles. The van der Waals surface area contributed by atoms with Crippen molar-refractivity contribution in [2.75, 3.05) is 11.4 Å². The molecule has 0 saturated carbocycles. The molecule has 18 heavy (non-hydrogen) atoms. The molecule has 2 heterocycles. The standard InChI is InChI=1S/C12H16FN3O2/c1-8-9(13)10(15-7-14-8)16-6-4-3-5-12(16,2)11(17)18/h7H,3-6H2,1-2H3,(H,17,18). The van der Waals surface area contributed by atoms with Gasteiger partial charge < -0.3 is 10.0 Å². The molecule has 1 aromatic rings.